The van der Waals surface area contributed by atoms with E-state index in [-0.39, 0.29) is 0 Å². The molecule has 67 heavy (non-hydrogen) atoms. The zero-order valence-corrected chi connectivity index (χ0v) is 38.7. The van der Waals surface area contributed by atoms with Crippen LogP contribution in [-0.2, 0) is 15.8 Å². The Balaban J connectivity index is 1.36. The first-order chi connectivity index (χ1) is 32.3. The van der Waals surface area contributed by atoms with Gasteiger partial charge in [-0.1, -0.05) is 107 Å². The first-order valence-corrected chi connectivity index (χ1v) is 23.9. The zero-order chi connectivity index (χ0) is 47.2. The third-order valence-corrected chi connectivity index (χ3v) is 13.7. The Morgan fingerprint density at radius 1 is 0.672 bits per heavy atom. The van der Waals surface area contributed by atoms with Gasteiger partial charge in [0.1, 0.15) is 23.0 Å². The van der Waals surface area contributed by atoms with Crippen LogP contribution in [0.5, 0.6) is 23.0 Å². The molecular formula is C55H61F6NO5. The monoisotopic (exact) mass is 929 g/mol. The van der Waals surface area contributed by atoms with Crippen LogP contribution in [0.1, 0.15) is 119 Å². The van der Waals surface area contributed by atoms with Gasteiger partial charge in [-0.25, -0.2) is 0 Å². The molecule has 0 spiro atoms. The molecule has 1 fully saturated rings. The molecule has 8 rings (SSSR count). The van der Waals surface area contributed by atoms with Crippen LogP contribution in [0, 0.1) is 0 Å². The number of anilines is 1. The third-order valence-electron chi connectivity index (χ3n) is 13.7. The lowest BCUT2D eigenvalue weighted by Gasteiger charge is -2.40. The number of unbranched alkanes of at least 4 members (excludes halogenated alkanes) is 6. The summed E-state index contributed by atoms with van der Waals surface area (Å²) in [5.41, 5.74) is 1.76. The number of alkyl halides is 6. The molecule has 358 valence electrons. The molecule has 0 saturated carbocycles. The van der Waals surface area contributed by atoms with Crippen LogP contribution < -0.4 is 23.8 Å². The maximum Gasteiger partial charge on any atom is 0.389 e. The Hall–Kier alpha value is -5.36. The van der Waals surface area contributed by atoms with Crippen molar-refractivity contribution in [2.24, 2.45) is 0 Å². The molecule has 6 nitrogen and oxygen atoms in total. The molecule has 0 N–H and O–H groups in total. The van der Waals surface area contributed by atoms with Crippen molar-refractivity contribution in [3.63, 3.8) is 0 Å². The van der Waals surface area contributed by atoms with E-state index in [2.05, 4.69) is 18.7 Å². The Bertz CT molecular complexity index is 2420. The van der Waals surface area contributed by atoms with Crippen LogP contribution in [0.25, 0.3) is 28.0 Å². The summed E-state index contributed by atoms with van der Waals surface area (Å²) >= 11 is 0. The minimum Gasteiger partial charge on any atom is -0.495 e. The second kappa shape index (κ2) is 20.5. The number of hydrogen-bond acceptors (Lipinski definition) is 6. The lowest BCUT2D eigenvalue weighted by Crippen LogP contribution is -2.36. The fraction of sp³-hybridized carbons (Fsp3) is 0.455. The van der Waals surface area contributed by atoms with Crippen molar-refractivity contribution < 1.29 is 50.0 Å². The van der Waals surface area contributed by atoms with Gasteiger partial charge in [-0.15, -0.1) is 0 Å². The number of methoxy groups -OCH3 is 1. The Morgan fingerprint density at radius 3 is 1.78 bits per heavy atom. The maximum absolute atomic E-state index is 14.5. The normalized spacial score (nSPS) is 16.0. The number of morpholine rings is 1. The summed E-state index contributed by atoms with van der Waals surface area (Å²) in [5, 5.41) is 1.26. The van der Waals surface area contributed by atoms with Crippen molar-refractivity contribution in [1.29, 1.82) is 0 Å². The summed E-state index contributed by atoms with van der Waals surface area (Å²) in [6.45, 7) is 7.56. The molecule has 0 unspecified atom stereocenters. The summed E-state index contributed by atoms with van der Waals surface area (Å²) in [6, 6.07) is 26.3. The topological polar surface area (TPSA) is 49.4 Å². The van der Waals surface area contributed by atoms with Crippen molar-refractivity contribution >= 4 is 22.5 Å². The standard InChI is InChI=1S/C55H61F6NO5/c1-4-6-8-12-32-65-40-20-16-38(17-21-40)53(39-18-22-41(23-19-39)66-33-13-9-7-5-2)25-24-43-50-49(44-36-47(62-30-34-64-35-31-62)48(63-3)37-45(44)51(43)67-53)42-14-10-11-15-46(42)52(50,26-28-54(56,57)58)27-29-55(59,60)61/h10-11,14-25,36-37H,4-9,12-13,26-35H2,1-3H3. The Kier molecular flexibility index (Phi) is 14.7. The number of ether oxygens (including phenoxy) is 5. The smallest absolute Gasteiger partial charge is 0.389 e. The van der Waals surface area contributed by atoms with E-state index in [0.29, 0.717) is 101 Å². The fourth-order valence-electron chi connectivity index (χ4n) is 10.3. The van der Waals surface area contributed by atoms with Gasteiger partial charge in [-0.3, -0.25) is 0 Å². The molecule has 12 heteroatoms. The highest BCUT2D eigenvalue weighted by molar-refractivity contribution is 6.10. The second-order valence-electron chi connectivity index (χ2n) is 18.1. The predicted octanol–water partition coefficient (Wildman–Crippen LogP) is 14.9. The summed E-state index contributed by atoms with van der Waals surface area (Å²) in [7, 11) is 1.59. The van der Waals surface area contributed by atoms with Crippen LogP contribution in [0.4, 0.5) is 32.0 Å². The van der Waals surface area contributed by atoms with Gasteiger partial charge in [0, 0.05) is 53.4 Å². The first-order valence-electron chi connectivity index (χ1n) is 23.9. The van der Waals surface area contributed by atoms with E-state index in [1.54, 1.807) is 25.3 Å². The summed E-state index contributed by atoms with van der Waals surface area (Å²) < 4.78 is 119. The highest BCUT2D eigenvalue weighted by Gasteiger charge is 2.51. The summed E-state index contributed by atoms with van der Waals surface area (Å²) in [4.78, 5) is 2.14. The van der Waals surface area contributed by atoms with Gasteiger partial charge in [-0.2, -0.15) is 26.3 Å². The molecule has 1 aliphatic carbocycles. The summed E-state index contributed by atoms with van der Waals surface area (Å²) in [5.74, 6) is 2.28. The number of hydrogen-bond donors (Lipinski definition) is 0. The SMILES string of the molecule is CCCCCCOc1ccc(C2(c3ccc(OCCCCCC)cc3)C=Cc3c4c(c5cc(N6CCOCC6)c(OC)cc5c3O2)-c2ccccc2C4(CCC(F)(F)F)CCC(F)(F)F)cc1. The molecule has 0 atom stereocenters. The minimum atomic E-state index is -4.63. The summed E-state index contributed by atoms with van der Waals surface area (Å²) in [6.07, 6.45) is -0.714. The highest BCUT2D eigenvalue weighted by atomic mass is 19.4. The molecule has 5 aromatic rings. The first kappa shape index (κ1) is 48.1. The van der Waals surface area contributed by atoms with E-state index in [1.165, 1.54) is 0 Å². The van der Waals surface area contributed by atoms with Crippen molar-refractivity contribution in [2.45, 2.75) is 114 Å². The van der Waals surface area contributed by atoms with Crippen molar-refractivity contribution in [2.75, 3.05) is 51.5 Å². The molecule has 3 aliphatic rings. The van der Waals surface area contributed by atoms with E-state index >= 15 is 0 Å². The lowest BCUT2D eigenvalue weighted by atomic mass is 9.68. The molecule has 5 aromatic carbocycles. The quantitative estimate of drug-likeness (QED) is 0.0572. The predicted molar refractivity (Wildman–Crippen MR) is 253 cm³/mol. The third kappa shape index (κ3) is 10.2. The van der Waals surface area contributed by atoms with Crippen LogP contribution in [-0.4, -0.2) is 59.0 Å². The number of benzene rings is 5. The van der Waals surface area contributed by atoms with Gasteiger partial charge in [-0.05, 0) is 95.8 Å². The number of fused-ring (bicyclic) bond motifs is 8. The highest BCUT2D eigenvalue weighted by Crippen LogP contribution is 2.62. The number of halogens is 6. The van der Waals surface area contributed by atoms with Crippen LogP contribution in [0.15, 0.2) is 91.0 Å². The van der Waals surface area contributed by atoms with Gasteiger partial charge in [0.25, 0.3) is 0 Å². The number of rotatable bonds is 20. The lowest BCUT2D eigenvalue weighted by molar-refractivity contribution is -0.143. The van der Waals surface area contributed by atoms with E-state index in [1.807, 2.05) is 78.9 Å². The fourth-order valence-corrected chi connectivity index (χ4v) is 10.3. The number of nitrogens with zero attached hydrogens (tertiary/aromatic N) is 1. The average Bonchev–Trinajstić information content (AvgIpc) is 3.62. The zero-order valence-electron chi connectivity index (χ0n) is 38.7. The van der Waals surface area contributed by atoms with E-state index in [0.717, 1.165) is 68.2 Å². The van der Waals surface area contributed by atoms with E-state index < -0.39 is 49.1 Å². The molecular weight excluding hydrogens is 869 g/mol. The van der Waals surface area contributed by atoms with Gasteiger partial charge in [0.15, 0.2) is 5.60 Å². The molecule has 1 saturated heterocycles. The Labute approximate surface area is 390 Å². The Morgan fingerprint density at radius 2 is 1.24 bits per heavy atom. The molecule has 2 heterocycles. The second-order valence-corrected chi connectivity index (χ2v) is 18.1. The van der Waals surface area contributed by atoms with Crippen molar-refractivity contribution in [1.82, 2.24) is 0 Å². The van der Waals surface area contributed by atoms with Crippen molar-refractivity contribution in [3.05, 3.63) is 119 Å². The minimum absolute atomic E-state index is 0.340. The molecule has 0 aromatic heterocycles. The average molecular weight is 930 g/mol. The maximum atomic E-state index is 14.5. The molecule has 0 amide bonds. The molecule has 0 bridgehead atoms. The largest absolute Gasteiger partial charge is 0.495 e. The van der Waals surface area contributed by atoms with Gasteiger partial charge >= 0.3 is 12.4 Å². The van der Waals surface area contributed by atoms with Gasteiger partial charge in [0.2, 0.25) is 0 Å². The van der Waals surface area contributed by atoms with Crippen molar-refractivity contribution in [3.8, 4) is 34.1 Å². The van der Waals surface area contributed by atoms with Gasteiger partial charge < -0.3 is 28.6 Å². The van der Waals surface area contributed by atoms with Crippen LogP contribution in [0.2, 0.25) is 0 Å². The van der Waals surface area contributed by atoms with E-state index in [9.17, 15) is 26.3 Å². The van der Waals surface area contributed by atoms with Crippen LogP contribution in [0.3, 0.4) is 0 Å². The molecule has 2 aliphatic heterocycles. The molecule has 0 radical (unpaired) electrons. The van der Waals surface area contributed by atoms with E-state index in [4.69, 9.17) is 23.7 Å². The van der Waals surface area contributed by atoms with Crippen LogP contribution >= 0.6 is 0 Å². The van der Waals surface area contributed by atoms with Gasteiger partial charge in [0.05, 0.1) is 39.2 Å².